The smallest absolute Gasteiger partial charge is 0.321 e. The van der Waals surface area contributed by atoms with Crippen LogP contribution >= 0.6 is 0 Å². The van der Waals surface area contributed by atoms with Crippen molar-refractivity contribution >= 4 is 16.0 Å². The van der Waals surface area contributed by atoms with Gasteiger partial charge in [0.05, 0.1) is 18.6 Å². The van der Waals surface area contributed by atoms with Gasteiger partial charge in [-0.3, -0.25) is 4.79 Å². The van der Waals surface area contributed by atoms with Gasteiger partial charge in [-0.05, 0) is 44.0 Å². The highest BCUT2D eigenvalue weighted by Gasteiger charge is 2.27. The first-order valence-corrected chi connectivity index (χ1v) is 7.95. The Labute approximate surface area is 125 Å². The monoisotopic (exact) mass is 315 g/mol. The van der Waals surface area contributed by atoms with Gasteiger partial charge < -0.3 is 9.47 Å². The van der Waals surface area contributed by atoms with E-state index < -0.39 is 16.0 Å². The number of aryl methyl sites for hydroxylation is 2. The average molecular weight is 315 g/mol. The van der Waals surface area contributed by atoms with Gasteiger partial charge in [-0.25, -0.2) is 8.42 Å². The SMILES string of the molecule is CCOC(=O)CN(C)S(=O)(=O)c1c(C)cc(OC)cc1C. The van der Waals surface area contributed by atoms with E-state index in [2.05, 4.69) is 0 Å². The first kappa shape index (κ1) is 17.5. The Morgan fingerprint density at radius 3 is 2.19 bits per heavy atom. The highest BCUT2D eigenvalue weighted by molar-refractivity contribution is 7.89. The lowest BCUT2D eigenvalue weighted by Gasteiger charge is -2.19. The van der Waals surface area contributed by atoms with E-state index in [0.29, 0.717) is 16.9 Å². The maximum Gasteiger partial charge on any atom is 0.321 e. The molecule has 0 aliphatic carbocycles. The second kappa shape index (κ2) is 6.91. The predicted molar refractivity (Wildman–Crippen MR) is 78.9 cm³/mol. The molecule has 6 nitrogen and oxygen atoms in total. The molecule has 0 saturated heterocycles. The van der Waals surface area contributed by atoms with Crippen molar-refractivity contribution in [3.05, 3.63) is 23.3 Å². The average Bonchev–Trinajstić information content (AvgIpc) is 2.37. The fourth-order valence-corrected chi connectivity index (χ4v) is 3.58. The van der Waals surface area contributed by atoms with Crippen LogP contribution in [0.15, 0.2) is 17.0 Å². The van der Waals surface area contributed by atoms with E-state index in [1.165, 1.54) is 14.2 Å². The Kier molecular flexibility index (Phi) is 5.74. The van der Waals surface area contributed by atoms with Crippen LogP contribution in [0.2, 0.25) is 0 Å². The molecule has 1 rings (SSSR count). The maximum absolute atomic E-state index is 12.6. The lowest BCUT2D eigenvalue weighted by Crippen LogP contribution is -2.33. The molecule has 0 atom stereocenters. The fraction of sp³-hybridized carbons (Fsp3) is 0.500. The van der Waals surface area contributed by atoms with Crippen LogP contribution in [0.1, 0.15) is 18.1 Å². The molecule has 0 aliphatic heterocycles. The van der Waals surface area contributed by atoms with Gasteiger partial charge >= 0.3 is 5.97 Å². The minimum Gasteiger partial charge on any atom is -0.497 e. The number of likely N-dealkylation sites (N-methyl/N-ethyl adjacent to an activating group) is 1. The van der Waals surface area contributed by atoms with E-state index >= 15 is 0 Å². The Morgan fingerprint density at radius 1 is 1.24 bits per heavy atom. The lowest BCUT2D eigenvalue weighted by molar-refractivity contribution is -0.143. The zero-order valence-corrected chi connectivity index (χ0v) is 13.8. The van der Waals surface area contributed by atoms with E-state index in [0.717, 1.165) is 4.31 Å². The molecule has 0 aliphatic rings. The summed E-state index contributed by atoms with van der Waals surface area (Å²) >= 11 is 0. The van der Waals surface area contributed by atoms with Crippen molar-refractivity contribution in [2.24, 2.45) is 0 Å². The van der Waals surface area contributed by atoms with Crippen molar-refractivity contribution in [3.8, 4) is 5.75 Å². The summed E-state index contributed by atoms with van der Waals surface area (Å²) < 4.78 is 36.1. The normalized spacial score (nSPS) is 11.5. The van der Waals surface area contributed by atoms with Gasteiger partial charge in [-0.1, -0.05) is 0 Å². The van der Waals surface area contributed by atoms with Crippen molar-refractivity contribution in [3.63, 3.8) is 0 Å². The van der Waals surface area contributed by atoms with Crippen LogP contribution in [0.25, 0.3) is 0 Å². The molecule has 0 bridgehead atoms. The fourth-order valence-electron chi connectivity index (χ4n) is 2.06. The molecule has 0 N–H and O–H groups in total. The lowest BCUT2D eigenvalue weighted by atomic mass is 10.1. The topological polar surface area (TPSA) is 72.9 Å². The number of nitrogens with zero attached hydrogens (tertiary/aromatic N) is 1. The highest BCUT2D eigenvalue weighted by Crippen LogP contribution is 2.27. The van der Waals surface area contributed by atoms with Gasteiger partial charge in [-0.2, -0.15) is 4.31 Å². The van der Waals surface area contributed by atoms with Crippen LogP contribution in [0, 0.1) is 13.8 Å². The van der Waals surface area contributed by atoms with E-state index in [1.54, 1.807) is 32.9 Å². The molecule has 118 valence electrons. The largest absolute Gasteiger partial charge is 0.497 e. The first-order chi connectivity index (χ1) is 9.73. The third kappa shape index (κ3) is 3.95. The number of sulfonamides is 1. The summed E-state index contributed by atoms with van der Waals surface area (Å²) in [5, 5.41) is 0. The zero-order valence-electron chi connectivity index (χ0n) is 13.0. The first-order valence-electron chi connectivity index (χ1n) is 6.51. The Bertz CT molecular complexity index is 601. The van der Waals surface area contributed by atoms with Gasteiger partial charge in [-0.15, -0.1) is 0 Å². The number of benzene rings is 1. The number of carbonyl (C=O) groups is 1. The highest BCUT2D eigenvalue weighted by atomic mass is 32.2. The van der Waals surface area contributed by atoms with Crippen LogP contribution < -0.4 is 4.74 Å². The predicted octanol–water partition coefficient (Wildman–Crippen LogP) is 1.50. The molecule has 0 spiro atoms. The molecule has 7 heteroatoms. The van der Waals surface area contributed by atoms with Crippen molar-refractivity contribution in [2.45, 2.75) is 25.7 Å². The molecular weight excluding hydrogens is 294 g/mol. The quantitative estimate of drug-likeness (QED) is 0.744. The number of ether oxygens (including phenoxy) is 2. The number of methoxy groups -OCH3 is 1. The minimum atomic E-state index is -3.76. The Hall–Kier alpha value is -1.60. The molecule has 21 heavy (non-hydrogen) atoms. The van der Waals surface area contributed by atoms with Crippen LogP contribution in [-0.2, 0) is 19.6 Å². The van der Waals surface area contributed by atoms with Crippen molar-refractivity contribution in [1.82, 2.24) is 4.31 Å². The minimum absolute atomic E-state index is 0.190. The second-order valence-corrected chi connectivity index (χ2v) is 6.64. The van der Waals surface area contributed by atoms with E-state index in [9.17, 15) is 13.2 Å². The van der Waals surface area contributed by atoms with Crippen molar-refractivity contribution < 1.29 is 22.7 Å². The summed E-state index contributed by atoms with van der Waals surface area (Å²) in [4.78, 5) is 11.6. The van der Waals surface area contributed by atoms with Crippen molar-refractivity contribution in [1.29, 1.82) is 0 Å². The third-order valence-corrected chi connectivity index (χ3v) is 5.10. The molecule has 0 amide bonds. The summed E-state index contributed by atoms with van der Waals surface area (Å²) in [6, 6.07) is 3.30. The number of hydrogen-bond acceptors (Lipinski definition) is 5. The van der Waals surface area contributed by atoms with E-state index in [4.69, 9.17) is 9.47 Å². The third-order valence-electron chi connectivity index (χ3n) is 2.99. The second-order valence-electron chi connectivity index (χ2n) is 4.66. The van der Waals surface area contributed by atoms with Gasteiger partial charge in [0, 0.05) is 7.05 Å². The zero-order chi connectivity index (χ0) is 16.2. The molecule has 1 aromatic carbocycles. The van der Waals surface area contributed by atoms with Gasteiger partial charge in [0.25, 0.3) is 0 Å². The van der Waals surface area contributed by atoms with Gasteiger partial charge in [0.15, 0.2) is 0 Å². The summed E-state index contributed by atoms with van der Waals surface area (Å²) in [6.45, 7) is 4.96. The van der Waals surface area contributed by atoms with E-state index in [1.807, 2.05) is 0 Å². The van der Waals surface area contributed by atoms with Gasteiger partial charge in [0.1, 0.15) is 12.3 Å². The van der Waals surface area contributed by atoms with Gasteiger partial charge in [0.2, 0.25) is 10.0 Å². The van der Waals surface area contributed by atoms with E-state index in [-0.39, 0.29) is 18.0 Å². The molecule has 0 unspecified atom stereocenters. The Morgan fingerprint density at radius 2 is 1.76 bits per heavy atom. The maximum atomic E-state index is 12.6. The number of rotatable bonds is 6. The summed E-state index contributed by atoms with van der Waals surface area (Å²) in [5.41, 5.74) is 1.14. The molecule has 0 aromatic heterocycles. The summed E-state index contributed by atoms with van der Waals surface area (Å²) in [7, 11) is -0.882. The molecule has 0 radical (unpaired) electrons. The molecule has 0 heterocycles. The molecule has 0 fully saturated rings. The molecule has 1 aromatic rings. The summed E-state index contributed by atoms with van der Waals surface area (Å²) in [5.74, 6) is 0.0180. The van der Waals surface area contributed by atoms with Crippen LogP contribution in [0.4, 0.5) is 0 Å². The van der Waals surface area contributed by atoms with Crippen molar-refractivity contribution in [2.75, 3.05) is 27.3 Å². The Balaban J connectivity index is 3.16. The molecule has 0 saturated carbocycles. The van der Waals surface area contributed by atoms with Crippen LogP contribution in [0.3, 0.4) is 0 Å². The number of hydrogen-bond donors (Lipinski definition) is 0. The number of esters is 1. The molecular formula is C14H21NO5S. The number of carbonyl (C=O) groups excluding carboxylic acids is 1. The standard InChI is InChI=1S/C14H21NO5S/c1-6-20-13(16)9-15(4)21(17,18)14-10(2)7-12(19-5)8-11(14)3/h7-8H,6,9H2,1-5H3. The summed E-state index contributed by atoms with van der Waals surface area (Å²) in [6.07, 6.45) is 0. The van der Waals surface area contributed by atoms with Crippen LogP contribution in [-0.4, -0.2) is 46.0 Å². The van der Waals surface area contributed by atoms with Crippen LogP contribution in [0.5, 0.6) is 5.75 Å².